The van der Waals surface area contributed by atoms with Crippen molar-refractivity contribution in [2.45, 2.75) is 45.1 Å². The molecule has 1 aromatic carbocycles. The van der Waals surface area contributed by atoms with Crippen LogP contribution >= 0.6 is 0 Å². The molecule has 0 radical (unpaired) electrons. The molecule has 21 heavy (non-hydrogen) atoms. The summed E-state index contributed by atoms with van der Waals surface area (Å²) in [4.78, 5) is 4.55. The molecule has 0 spiro atoms. The van der Waals surface area contributed by atoms with Gasteiger partial charge < -0.3 is 0 Å². The second-order valence-electron chi connectivity index (χ2n) is 5.94. The topological polar surface area (TPSA) is 50.9 Å². The quantitative estimate of drug-likeness (QED) is 0.507. The Balaban J connectivity index is 1.86. The molecule has 0 fully saturated rings. The number of nitrogens with zero attached hydrogens (tertiary/aromatic N) is 1. The molecule has 1 aliphatic carbocycles. The summed E-state index contributed by atoms with van der Waals surface area (Å²) < 4.78 is 0. The molecule has 3 N–H and O–H groups in total. The molecule has 1 unspecified atom stereocenters. The summed E-state index contributed by atoms with van der Waals surface area (Å²) in [5.41, 5.74) is 7.85. The van der Waals surface area contributed by atoms with Crippen LogP contribution in [0.4, 0.5) is 0 Å². The number of pyridine rings is 1. The predicted molar refractivity (Wildman–Crippen MR) is 87.7 cm³/mol. The van der Waals surface area contributed by atoms with Crippen molar-refractivity contribution in [3.63, 3.8) is 0 Å². The molecule has 110 valence electrons. The second kappa shape index (κ2) is 6.37. The maximum atomic E-state index is 5.80. The fourth-order valence-corrected chi connectivity index (χ4v) is 3.09. The highest BCUT2D eigenvalue weighted by molar-refractivity contribution is 5.79. The summed E-state index contributed by atoms with van der Waals surface area (Å²) >= 11 is 0. The van der Waals surface area contributed by atoms with Crippen LogP contribution in [-0.2, 0) is 0 Å². The lowest BCUT2D eigenvalue weighted by Gasteiger charge is -2.21. The third-order valence-electron chi connectivity index (χ3n) is 4.31. The van der Waals surface area contributed by atoms with E-state index >= 15 is 0 Å². The van der Waals surface area contributed by atoms with Gasteiger partial charge in [-0.05, 0) is 62.8 Å². The Labute approximate surface area is 126 Å². The Bertz CT molecular complexity index is 661. The third-order valence-corrected chi connectivity index (χ3v) is 4.31. The number of nitrogens with one attached hydrogen (secondary N) is 1. The molecule has 2 aromatic rings. The number of nitrogens with two attached hydrogens (primary N) is 1. The molecule has 1 heterocycles. The molecule has 3 rings (SSSR count). The Hall–Kier alpha value is -1.71. The van der Waals surface area contributed by atoms with Gasteiger partial charge in [-0.1, -0.05) is 23.8 Å². The van der Waals surface area contributed by atoms with Crippen LogP contribution in [0.25, 0.3) is 10.9 Å². The Morgan fingerprint density at radius 1 is 1.24 bits per heavy atom. The fourth-order valence-electron chi connectivity index (χ4n) is 3.09. The first-order valence-corrected chi connectivity index (χ1v) is 7.77. The highest BCUT2D eigenvalue weighted by atomic mass is 15.2. The van der Waals surface area contributed by atoms with Crippen molar-refractivity contribution >= 4 is 10.9 Å². The van der Waals surface area contributed by atoms with E-state index in [4.69, 9.17) is 5.84 Å². The zero-order valence-corrected chi connectivity index (χ0v) is 12.6. The zero-order chi connectivity index (χ0) is 14.7. The van der Waals surface area contributed by atoms with Gasteiger partial charge in [-0.15, -0.1) is 0 Å². The van der Waals surface area contributed by atoms with E-state index in [9.17, 15) is 0 Å². The Morgan fingerprint density at radius 2 is 2.14 bits per heavy atom. The van der Waals surface area contributed by atoms with Crippen LogP contribution in [-0.4, -0.2) is 4.98 Å². The van der Waals surface area contributed by atoms with Gasteiger partial charge in [-0.2, -0.15) is 0 Å². The standard InChI is InChI=1S/C18H23N3/c1-13-7-8-15-12-16(9-10-17(15)20-13)18(21-19)11-14-5-3-2-4-6-14/h5,7-10,12,18,21H,2-4,6,11,19H2,1H3. The summed E-state index contributed by atoms with van der Waals surface area (Å²) in [5.74, 6) is 5.80. The molecule has 1 aliphatic rings. The van der Waals surface area contributed by atoms with Gasteiger partial charge in [0.25, 0.3) is 0 Å². The van der Waals surface area contributed by atoms with Crippen molar-refractivity contribution in [3.05, 3.63) is 53.2 Å². The number of hydrogen-bond acceptors (Lipinski definition) is 3. The Kier molecular flexibility index (Phi) is 4.32. The number of allylic oxidation sites excluding steroid dienone is 1. The smallest absolute Gasteiger partial charge is 0.0705 e. The van der Waals surface area contributed by atoms with Crippen LogP contribution < -0.4 is 11.3 Å². The molecule has 0 saturated carbocycles. The van der Waals surface area contributed by atoms with Crippen molar-refractivity contribution in [3.8, 4) is 0 Å². The normalized spacial score (nSPS) is 16.8. The molecule has 0 saturated heterocycles. The maximum Gasteiger partial charge on any atom is 0.0705 e. The molecule has 3 nitrogen and oxygen atoms in total. The number of aromatic nitrogens is 1. The number of hydrogen-bond donors (Lipinski definition) is 2. The third kappa shape index (κ3) is 3.31. The zero-order valence-electron chi connectivity index (χ0n) is 12.6. The first kappa shape index (κ1) is 14.2. The highest BCUT2D eigenvalue weighted by Gasteiger charge is 2.14. The van der Waals surface area contributed by atoms with E-state index in [2.05, 4.69) is 46.8 Å². The van der Waals surface area contributed by atoms with E-state index in [0.717, 1.165) is 17.6 Å². The van der Waals surface area contributed by atoms with E-state index in [1.165, 1.54) is 42.2 Å². The van der Waals surface area contributed by atoms with Gasteiger partial charge in [0.2, 0.25) is 0 Å². The number of aryl methyl sites for hydroxylation is 1. The van der Waals surface area contributed by atoms with Gasteiger partial charge in [0, 0.05) is 17.1 Å². The summed E-state index contributed by atoms with van der Waals surface area (Å²) in [6, 6.07) is 10.8. The van der Waals surface area contributed by atoms with E-state index in [-0.39, 0.29) is 6.04 Å². The minimum atomic E-state index is 0.181. The molecule has 0 aliphatic heterocycles. The SMILES string of the molecule is Cc1ccc2cc(C(CC3=CCCCC3)NN)ccc2n1. The van der Waals surface area contributed by atoms with Crippen LogP contribution in [0.3, 0.4) is 0 Å². The van der Waals surface area contributed by atoms with Gasteiger partial charge in [-0.3, -0.25) is 16.3 Å². The lowest BCUT2D eigenvalue weighted by Crippen LogP contribution is -2.28. The lowest BCUT2D eigenvalue weighted by atomic mass is 9.91. The molecule has 1 atom stereocenters. The summed E-state index contributed by atoms with van der Waals surface area (Å²) in [7, 11) is 0. The van der Waals surface area contributed by atoms with Crippen molar-refractivity contribution in [2.24, 2.45) is 5.84 Å². The molecular formula is C18H23N3. The highest BCUT2D eigenvalue weighted by Crippen LogP contribution is 2.28. The number of fused-ring (bicyclic) bond motifs is 1. The molecule has 0 bridgehead atoms. The van der Waals surface area contributed by atoms with Gasteiger partial charge >= 0.3 is 0 Å². The first-order valence-electron chi connectivity index (χ1n) is 7.77. The summed E-state index contributed by atoms with van der Waals surface area (Å²) in [6.45, 7) is 2.02. The monoisotopic (exact) mass is 281 g/mol. The van der Waals surface area contributed by atoms with Crippen LogP contribution in [0, 0.1) is 6.92 Å². The predicted octanol–water partition coefficient (Wildman–Crippen LogP) is 3.94. The largest absolute Gasteiger partial charge is 0.271 e. The van der Waals surface area contributed by atoms with Crippen LogP contribution in [0.2, 0.25) is 0 Å². The molecule has 3 heteroatoms. The molecule has 0 amide bonds. The fraction of sp³-hybridized carbons (Fsp3) is 0.389. The van der Waals surface area contributed by atoms with Gasteiger partial charge in [-0.25, -0.2) is 0 Å². The van der Waals surface area contributed by atoms with Crippen molar-refractivity contribution in [2.75, 3.05) is 0 Å². The maximum absolute atomic E-state index is 5.80. The first-order chi connectivity index (χ1) is 10.3. The van der Waals surface area contributed by atoms with Crippen LogP contribution in [0.15, 0.2) is 42.0 Å². The average Bonchev–Trinajstić information content (AvgIpc) is 2.53. The van der Waals surface area contributed by atoms with Gasteiger partial charge in [0.15, 0.2) is 0 Å². The number of benzene rings is 1. The minimum absolute atomic E-state index is 0.181. The molecule has 1 aromatic heterocycles. The summed E-state index contributed by atoms with van der Waals surface area (Å²) in [6.07, 6.45) is 8.45. The Morgan fingerprint density at radius 3 is 2.90 bits per heavy atom. The average molecular weight is 281 g/mol. The van der Waals surface area contributed by atoms with E-state index in [1.54, 1.807) is 0 Å². The molecular weight excluding hydrogens is 258 g/mol. The van der Waals surface area contributed by atoms with Crippen molar-refractivity contribution in [1.82, 2.24) is 10.4 Å². The number of hydrazine groups is 1. The van der Waals surface area contributed by atoms with Crippen molar-refractivity contribution in [1.29, 1.82) is 0 Å². The summed E-state index contributed by atoms with van der Waals surface area (Å²) in [5, 5.41) is 1.18. The van der Waals surface area contributed by atoms with E-state index in [1.807, 2.05) is 6.92 Å². The number of rotatable bonds is 4. The lowest BCUT2D eigenvalue weighted by molar-refractivity contribution is 0.529. The van der Waals surface area contributed by atoms with E-state index < -0.39 is 0 Å². The van der Waals surface area contributed by atoms with Crippen LogP contribution in [0.1, 0.15) is 49.4 Å². The minimum Gasteiger partial charge on any atom is -0.271 e. The van der Waals surface area contributed by atoms with Gasteiger partial charge in [0.05, 0.1) is 5.52 Å². The van der Waals surface area contributed by atoms with Gasteiger partial charge in [0.1, 0.15) is 0 Å². The van der Waals surface area contributed by atoms with E-state index in [0.29, 0.717) is 0 Å². The van der Waals surface area contributed by atoms with Crippen molar-refractivity contribution < 1.29 is 0 Å². The second-order valence-corrected chi connectivity index (χ2v) is 5.94. The van der Waals surface area contributed by atoms with Crippen LogP contribution in [0.5, 0.6) is 0 Å².